The highest BCUT2D eigenvalue weighted by Gasteiger charge is 1.98. The number of halogens is 2. The number of thioether (sulfide) groups is 1. The van der Waals surface area contributed by atoms with Crippen molar-refractivity contribution >= 4 is 33.4 Å². The topological polar surface area (TPSA) is 34.1 Å². The molecule has 7 heteroatoms. The monoisotopic (exact) mass is 440 g/mol. The molecule has 0 amide bonds. The quantitative estimate of drug-likeness (QED) is 0.467. The Labute approximate surface area is 174 Å². The molecule has 2 nitrogen and oxygen atoms in total. The molecule has 0 aliphatic carbocycles. The van der Waals surface area contributed by atoms with Crippen LogP contribution in [0.1, 0.15) is 0 Å². The van der Waals surface area contributed by atoms with Crippen molar-refractivity contribution in [2.24, 2.45) is 0 Å². The van der Waals surface area contributed by atoms with Crippen LogP contribution in [0.5, 0.6) is 0 Å². The molecule has 0 saturated carbocycles. The molecule has 0 radical (unpaired) electrons. The zero-order chi connectivity index (χ0) is 20.6. The second-order valence-electron chi connectivity index (χ2n) is 5.10. The maximum atomic E-state index is 11.8. The molecule has 0 spiro atoms. The Morgan fingerprint density at radius 3 is 1.50 bits per heavy atom. The summed E-state index contributed by atoms with van der Waals surface area (Å²) in [5.74, 6) is 0. The number of rotatable bonds is 5. The highest BCUT2D eigenvalue weighted by molar-refractivity contribution is 7.99. The number of hydrogen-bond donors (Lipinski definition) is 0. The van der Waals surface area contributed by atoms with Crippen molar-refractivity contribution in [2.75, 3.05) is 18.3 Å². The fraction of sp³-hybridized carbons (Fsp3) is 0.143. The Bertz CT molecular complexity index is 817. The second kappa shape index (κ2) is 15.1. The predicted octanol–water partition coefficient (Wildman–Crippen LogP) is 5.85. The largest absolute Gasteiger partial charge is 0.255 e. The molecule has 0 heterocycles. The van der Waals surface area contributed by atoms with Crippen LogP contribution in [-0.4, -0.2) is 26.7 Å². The van der Waals surface area contributed by atoms with Gasteiger partial charge in [0.1, 0.15) is 6.01 Å². The predicted molar refractivity (Wildman–Crippen MR) is 116 cm³/mol. The van der Waals surface area contributed by atoms with Crippen LogP contribution in [0.15, 0.2) is 106 Å². The van der Waals surface area contributed by atoms with E-state index in [-0.39, 0.29) is 6.01 Å². The van der Waals surface area contributed by atoms with Crippen LogP contribution < -0.4 is 0 Å². The van der Waals surface area contributed by atoms with E-state index in [1.54, 1.807) is 36.6 Å². The van der Waals surface area contributed by atoms with Crippen molar-refractivity contribution < 1.29 is 17.2 Å². The van der Waals surface area contributed by atoms with Crippen LogP contribution in [0.2, 0.25) is 0 Å². The molecule has 2 atom stereocenters. The normalized spacial score (nSPS) is 11.8. The lowest BCUT2D eigenvalue weighted by molar-refractivity contribution is 0.580. The van der Waals surface area contributed by atoms with E-state index in [1.165, 1.54) is 11.8 Å². The molecule has 3 aromatic rings. The summed E-state index contributed by atoms with van der Waals surface area (Å²) >= 11 is 1.21. The minimum Gasteiger partial charge on any atom is -0.255 e. The van der Waals surface area contributed by atoms with Crippen LogP contribution in [0, 0.1) is 0 Å². The number of alkyl halides is 2. The third-order valence-corrected chi connectivity index (χ3v) is 5.79. The molecule has 0 aliphatic rings. The Morgan fingerprint density at radius 1 is 0.714 bits per heavy atom. The Kier molecular flexibility index (Phi) is 13.1. The van der Waals surface area contributed by atoms with E-state index in [1.807, 2.05) is 60.7 Å². The number of hydrogen-bond acceptors (Lipinski definition) is 3. The van der Waals surface area contributed by atoms with E-state index < -0.39 is 27.6 Å². The number of benzene rings is 3. The zero-order valence-corrected chi connectivity index (χ0v) is 17.8. The van der Waals surface area contributed by atoms with Gasteiger partial charge >= 0.3 is 0 Å². The van der Waals surface area contributed by atoms with E-state index in [0.717, 1.165) is 9.79 Å². The van der Waals surface area contributed by atoms with E-state index in [4.69, 9.17) is 0 Å². The van der Waals surface area contributed by atoms with E-state index in [0.29, 0.717) is 4.90 Å². The van der Waals surface area contributed by atoms with Gasteiger partial charge in [0, 0.05) is 31.7 Å². The van der Waals surface area contributed by atoms with Gasteiger partial charge in [-0.15, -0.1) is 0 Å². The van der Waals surface area contributed by atoms with Gasteiger partial charge in [-0.25, -0.2) is 8.78 Å². The van der Waals surface area contributed by atoms with Crippen molar-refractivity contribution in [3.63, 3.8) is 0 Å². The summed E-state index contributed by atoms with van der Waals surface area (Å²) in [6.07, 6.45) is 1.68. The Balaban J connectivity index is 0.000000210. The van der Waals surface area contributed by atoms with Crippen molar-refractivity contribution in [1.82, 2.24) is 0 Å². The van der Waals surface area contributed by atoms with Crippen LogP contribution in [-0.2, 0) is 21.6 Å². The van der Waals surface area contributed by atoms with Crippen LogP contribution in [0.25, 0.3) is 0 Å². The summed E-state index contributed by atoms with van der Waals surface area (Å²) < 4.78 is 44.9. The fourth-order valence-electron chi connectivity index (χ4n) is 1.83. The third kappa shape index (κ3) is 10.5. The first kappa shape index (κ1) is 24.2. The summed E-state index contributed by atoms with van der Waals surface area (Å²) in [6.45, 7) is 0. The van der Waals surface area contributed by atoms with Gasteiger partial charge in [0.05, 0.1) is 10.8 Å². The van der Waals surface area contributed by atoms with Crippen molar-refractivity contribution in [3.8, 4) is 0 Å². The summed E-state index contributed by atoms with van der Waals surface area (Å²) in [5, 5.41) is 0. The summed E-state index contributed by atoms with van der Waals surface area (Å²) in [7, 11) is -2.29. The fourth-order valence-corrected chi connectivity index (χ4v) is 3.43. The second-order valence-corrected chi connectivity index (χ2v) is 8.84. The van der Waals surface area contributed by atoms with Gasteiger partial charge in [-0.1, -0.05) is 66.4 Å². The molecule has 0 saturated heterocycles. The minimum absolute atomic E-state index is 0.343. The van der Waals surface area contributed by atoms with Gasteiger partial charge in [0.2, 0.25) is 0 Å². The molecule has 3 aromatic carbocycles. The van der Waals surface area contributed by atoms with Gasteiger partial charge in [-0.05, 0) is 36.4 Å². The molecule has 0 aromatic heterocycles. The molecule has 0 bridgehead atoms. The summed E-state index contributed by atoms with van der Waals surface area (Å²) in [5.41, 5.74) is 0. The van der Waals surface area contributed by atoms with Gasteiger partial charge in [0.15, 0.2) is 6.01 Å². The minimum atomic E-state index is -1.46. The maximum Gasteiger partial charge on any atom is 0.169 e. The molecule has 2 unspecified atom stereocenters. The van der Waals surface area contributed by atoms with Crippen molar-refractivity contribution in [1.29, 1.82) is 0 Å². The highest BCUT2D eigenvalue weighted by atomic mass is 32.2. The molecule has 0 fully saturated rings. The van der Waals surface area contributed by atoms with Crippen LogP contribution in [0.4, 0.5) is 8.78 Å². The summed E-state index contributed by atoms with van der Waals surface area (Å²) in [4.78, 5) is 2.42. The van der Waals surface area contributed by atoms with Crippen LogP contribution >= 0.6 is 11.8 Å². The van der Waals surface area contributed by atoms with Gasteiger partial charge in [-0.3, -0.25) is 8.42 Å². The van der Waals surface area contributed by atoms with Gasteiger partial charge in [0.25, 0.3) is 0 Å². The zero-order valence-electron chi connectivity index (χ0n) is 15.4. The third-order valence-electron chi connectivity index (χ3n) is 3.14. The lowest BCUT2D eigenvalue weighted by Gasteiger charge is -1.93. The van der Waals surface area contributed by atoms with Crippen LogP contribution in [0.3, 0.4) is 0 Å². The van der Waals surface area contributed by atoms with E-state index in [2.05, 4.69) is 0 Å². The SMILES string of the molecule is CS(=O)c1ccccc1.FCSc1ccccc1.O=S(CF)c1ccccc1. The summed E-state index contributed by atoms with van der Waals surface area (Å²) in [6, 6.07) is 26.3. The lowest BCUT2D eigenvalue weighted by Crippen LogP contribution is -1.90. The van der Waals surface area contributed by atoms with E-state index in [9.17, 15) is 17.2 Å². The molecule has 3 rings (SSSR count). The van der Waals surface area contributed by atoms with Crippen molar-refractivity contribution in [2.45, 2.75) is 14.7 Å². The first-order chi connectivity index (χ1) is 13.6. The molecular formula is C21H22F2O2S3. The first-order valence-electron chi connectivity index (χ1n) is 8.20. The van der Waals surface area contributed by atoms with E-state index >= 15 is 0 Å². The average Bonchev–Trinajstić information content (AvgIpc) is 2.76. The first-order valence-corrected chi connectivity index (χ1v) is 12.1. The maximum absolute atomic E-state index is 11.8. The lowest BCUT2D eigenvalue weighted by atomic mass is 10.4. The standard InChI is InChI=1S/C7H7FOS.C7H7FS.C7H8OS/c8-6-10(9)7-4-2-1-3-5-7;8-6-9-7-4-2-1-3-5-7;1-9(8)7-5-3-2-4-6-7/h1-5H,6H2;1-5H,6H2;2-6H,1H3. The molecule has 0 N–H and O–H groups in total. The smallest absolute Gasteiger partial charge is 0.169 e. The Morgan fingerprint density at radius 2 is 1.14 bits per heavy atom. The average molecular weight is 441 g/mol. The van der Waals surface area contributed by atoms with Crippen molar-refractivity contribution in [3.05, 3.63) is 91.0 Å². The van der Waals surface area contributed by atoms with Gasteiger partial charge < -0.3 is 0 Å². The Hall–Kier alpha value is -1.83. The molecule has 28 heavy (non-hydrogen) atoms. The molecular weight excluding hydrogens is 418 g/mol. The van der Waals surface area contributed by atoms with Gasteiger partial charge in [-0.2, -0.15) is 0 Å². The highest BCUT2D eigenvalue weighted by Crippen LogP contribution is 2.16. The molecule has 0 aliphatic heterocycles. The molecule has 150 valence electrons.